The molecule has 0 N–H and O–H groups in total. The number of hydrogen-bond donors (Lipinski definition) is 0. The molecule has 0 aliphatic carbocycles. The first kappa shape index (κ1) is 15.2. The van der Waals surface area contributed by atoms with Crippen LogP contribution in [0.2, 0.25) is 0 Å². The summed E-state index contributed by atoms with van der Waals surface area (Å²) in [5.74, 6) is -0.475. The molecule has 0 unspecified atom stereocenters. The van der Waals surface area contributed by atoms with Gasteiger partial charge in [0.15, 0.2) is 0 Å². The second-order valence-electron chi connectivity index (χ2n) is 6.30. The number of β-lactam (4-membered cyclic amide) rings is 1. The van der Waals surface area contributed by atoms with E-state index in [9.17, 15) is 18.4 Å². The Balaban J connectivity index is 1.98. The van der Waals surface area contributed by atoms with Crippen LogP contribution in [0, 0.1) is 5.92 Å². The van der Waals surface area contributed by atoms with Gasteiger partial charge in [0.05, 0.1) is 18.5 Å². The van der Waals surface area contributed by atoms with Crippen molar-refractivity contribution in [1.82, 2.24) is 9.80 Å². The van der Waals surface area contributed by atoms with Gasteiger partial charge in [-0.1, -0.05) is 0 Å². The molecule has 2 rings (SSSR count). The molecule has 2 fully saturated rings. The highest BCUT2D eigenvalue weighted by molar-refractivity contribution is 5.99. The van der Waals surface area contributed by atoms with Crippen LogP contribution in [0.4, 0.5) is 13.6 Å². The van der Waals surface area contributed by atoms with Crippen molar-refractivity contribution >= 4 is 12.0 Å². The van der Waals surface area contributed by atoms with Crippen molar-refractivity contribution in [2.45, 2.75) is 45.3 Å². The average molecular weight is 290 g/mol. The molecule has 5 nitrogen and oxygen atoms in total. The number of imide groups is 1. The van der Waals surface area contributed by atoms with Crippen LogP contribution in [-0.4, -0.2) is 59.5 Å². The summed E-state index contributed by atoms with van der Waals surface area (Å²) in [4.78, 5) is 26.5. The zero-order valence-corrected chi connectivity index (χ0v) is 11.9. The summed E-state index contributed by atoms with van der Waals surface area (Å²) in [6, 6.07) is -0.329. The molecule has 2 atom stereocenters. The van der Waals surface area contributed by atoms with E-state index in [1.807, 2.05) is 0 Å². The lowest BCUT2D eigenvalue weighted by molar-refractivity contribution is -0.159. The van der Waals surface area contributed by atoms with Gasteiger partial charge in [-0.3, -0.25) is 9.69 Å². The number of alkyl halides is 2. The van der Waals surface area contributed by atoms with Crippen LogP contribution in [0.15, 0.2) is 0 Å². The van der Waals surface area contributed by atoms with Gasteiger partial charge in [0, 0.05) is 6.54 Å². The third-order valence-electron chi connectivity index (χ3n) is 3.54. The summed E-state index contributed by atoms with van der Waals surface area (Å²) in [6.45, 7) is 5.61. The second kappa shape index (κ2) is 5.27. The maximum absolute atomic E-state index is 12.4. The van der Waals surface area contributed by atoms with Gasteiger partial charge in [-0.25, -0.2) is 18.5 Å². The van der Waals surface area contributed by atoms with Crippen molar-refractivity contribution in [2.24, 2.45) is 5.92 Å². The Morgan fingerprint density at radius 2 is 2.10 bits per heavy atom. The molecule has 2 aliphatic heterocycles. The Kier molecular flexibility index (Phi) is 4.00. The molecular weight excluding hydrogens is 270 g/mol. The number of halogens is 2. The van der Waals surface area contributed by atoms with Crippen molar-refractivity contribution in [3.05, 3.63) is 0 Å². The van der Waals surface area contributed by atoms with E-state index in [2.05, 4.69) is 0 Å². The van der Waals surface area contributed by atoms with Gasteiger partial charge < -0.3 is 4.74 Å². The predicted molar refractivity (Wildman–Crippen MR) is 67.4 cm³/mol. The molecule has 0 saturated carbocycles. The molecule has 0 aromatic rings. The summed E-state index contributed by atoms with van der Waals surface area (Å²) in [5, 5.41) is 0. The quantitative estimate of drug-likeness (QED) is 0.727. The standard InChI is InChI=1S/C13H20F2N2O3/c1-13(2,3)20-12(19)17-9-6-16(7-10(14)15)5-4-8(9)11(17)18/h8-10H,4-7H2,1-3H3/t8-,9+/m1/s1. The van der Waals surface area contributed by atoms with Crippen molar-refractivity contribution in [3.63, 3.8) is 0 Å². The number of fused-ring (bicyclic) bond motifs is 1. The van der Waals surface area contributed by atoms with E-state index >= 15 is 0 Å². The summed E-state index contributed by atoms with van der Waals surface area (Å²) < 4.78 is 30.0. The molecule has 114 valence electrons. The molecule has 2 heterocycles. The number of ether oxygens (including phenoxy) is 1. The Morgan fingerprint density at radius 1 is 1.45 bits per heavy atom. The number of rotatable bonds is 2. The minimum atomic E-state index is -2.41. The Morgan fingerprint density at radius 3 is 2.65 bits per heavy atom. The Labute approximate surface area is 116 Å². The van der Waals surface area contributed by atoms with Gasteiger partial charge in [-0.05, 0) is 33.7 Å². The van der Waals surface area contributed by atoms with Crippen molar-refractivity contribution in [2.75, 3.05) is 19.6 Å². The van der Waals surface area contributed by atoms with E-state index in [4.69, 9.17) is 4.74 Å². The van der Waals surface area contributed by atoms with Gasteiger partial charge in [-0.2, -0.15) is 0 Å². The van der Waals surface area contributed by atoms with E-state index in [0.717, 1.165) is 4.90 Å². The highest BCUT2D eigenvalue weighted by Gasteiger charge is 2.54. The van der Waals surface area contributed by atoms with E-state index in [1.54, 1.807) is 25.7 Å². The lowest BCUT2D eigenvalue weighted by Gasteiger charge is -2.50. The summed E-state index contributed by atoms with van der Waals surface area (Å²) in [6.07, 6.45) is -2.56. The number of carbonyl (C=O) groups is 2. The van der Waals surface area contributed by atoms with Crippen LogP contribution < -0.4 is 0 Å². The molecule has 2 aliphatic rings. The molecule has 0 aromatic heterocycles. The summed E-state index contributed by atoms with van der Waals surface area (Å²) in [7, 11) is 0. The van der Waals surface area contributed by atoms with Crippen LogP contribution in [-0.2, 0) is 9.53 Å². The molecule has 2 saturated heterocycles. The highest BCUT2D eigenvalue weighted by atomic mass is 19.3. The molecule has 0 bridgehead atoms. The molecule has 7 heteroatoms. The van der Waals surface area contributed by atoms with Gasteiger partial charge in [0.25, 0.3) is 6.43 Å². The maximum atomic E-state index is 12.4. The van der Waals surface area contributed by atoms with Crippen LogP contribution in [0.25, 0.3) is 0 Å². The molecule has 0 radical (unpaired) electrons. The number of carbonyl (C=O) groups excluding carboxylic acids is 2. The first-order valence-electron chi connectivity index (χ1n) is 6.75. The fourth-order valence-corrected chi connectivity index (χ4v) is 2.70. The smallest absolute Gasteiger partial charge is 0.417 e. The number of nitrogens with zero attached hydrogens (tertiary/aromatic N) is 2. The van der Waals surface area contributed by atoms with Crippen LogP contribution >= 0.6 is 0 Å². The highest BCUT2D eigenvalue weighted by Crippen LogP contribution is 2.35. The first-order valence-corrected chi connectivity index (χ1v) is 6.75. The van der Waals surface area contributed by atoms with E-state index < -0.39 is 18.1 Å². The molecular formula is C13H20F2N2O3. The largest absolute Gasteiger partial charge is 0.443 e. The predicted octanol–water partition coefficient (Wildman–Crippen LogP) is 1.72. The summed E-state index contributed by atoms with van der Waals surface area (Å²) in [5.41, 5.74) is -0.681. The Bertz CT molecular complexity index is 409. The second-order valence-corrected chi connectivity index (χ2v) is 6.30. The van der Waals surface area contributed by atoms with Gasteiger partial charge >= 0.3 is 6.09 Å². The maximum Gasteiger partial charge on any atom is 0.417 e. The minimum absolute atomic E-state index is 0.226. The third-order valence-corrected chi connectivity index (χ3v) is 3.54. The number of likely N-dealkylation sites (tertiary alicyclic amines) is 2. The molecule has 0 aromatic carbocycles. The number of hydrogen-bond acceptors (Lipinski definition) is 4. The van der Waals surface area contributed by atoms with Crippen LogP contribution in [0.5, 0.6) is 0 Å². The van der Waals surface area contributed by atoms with Gasteiger partial charge in [-0.15, -0.1) is 0 Å². The normalized spacial score (nSPS) is 27.3. The fourth-order valence-electron chi connectivity index (χ4n) is 2.70. The van der Waals surface area contributed by atoms with E-state index in [-0.39, 0.29) is 24.4 Å². The third kappa shape index (κ3) is 3.08. The zero-order valence-electron chi connectivity index (χ0n) is 11.9. The monoisotopic (exact) mass is 290 g/mol. The van der Waals surface area contributed by atoms with Crippen molar-refractivity contribution in [3.8, 4) is 0 Å². The van der Waals surface area contributed by atoms with E-state index in [0.29, 0.717) is 19.5 Å². The van der Waals surface area contributed by atoms with Crippen molar-refractivity contribution in [1.29, 1.82) is 0 Å². The summed E-state index contributed by atoms with van der Waals surface area (Å²) >= 11 is 0. The Hall–Kier alpha value is -1.24. The van der Waals surface area contributed by atoms with Crippen molar-refractivity contribution < 1.29 is 23.1 Å². The average Bonchev–Trinajstić information content (AvgIpc) is 2.24. The first-order chi connectivity index (χ1) is 9.19. The van der Waals surface area contributed by atoms with E-state index in [1.165, 1.54) is 0 Å². The zero-order chi connectivity index (χ0) is 15.1. The molecule has 2 amide bonds. The molecule has 20 heavy (non-hydrogen) atoms. The lowest BCUT2D eigenvalue weighted by Crippen LogP contribution is -2.69. The fraction of sp³-hybridized carbons (Fsp3) is 0.846. The van der Waals surface area contributed by atoms with Gasteiger partial charge in [0.1, 0.15) is 5.60 Å². The topological polar surface area (TPSA) is 49.9 Å². The number of piperidine rings is 1. The van der Waals surface area contributed by atoms with Crippen LogP contribution in [0.1, 0.15) is 27.2 Å². The van der Waals surface area contributed by atoms with Crippen LogP contribution in [0.3, 0.4) is 0 Å². The number of amides is 2. The van der Waals surface area contributed by atoms with Gasteiger partial charge in [0.2, 0.25) is 5.91 Å². The molecule has 0 spiro atoms. The minimum Gasteiger partial charge on any atom is -0.443 e. The lowest BCUT2D eigenvalue weighted by atomic mass is 9.81. The SMILES string of the molecule is CC(C)(C)OC(=O)N1C(=O)[C@@H]2CCN(CC(F)F)C[C@@H]21.